The fraction of sp³-hybridized carbons (Fsp3) is 0. The van der Waals surface area contributed by atoms with Crippen molar-refractivity contribution in [2.45, 2.75) is 0 Å². The summed E-state index contributed by atoms with van der Waals surface area (Å²) in [5.41, 5.74) is 1.16. The Bertz CT molecular complexity index is 531. The number of thiazole rings is 1. The van der Waals surface area contributed by atoms with Gasteiger partial charge >= 0.3 is 5.97 Å². The number of halogens is 1. The van der Waals surface area contributed by atoms with Gasteiger partial charge in [0.25, 0.3) is 0 Å². The van der Waals surface area contributed by atoms with Crippen LogP contribution in [0.5, 0.6) is 0 Å². The third kappa shape index (κ3) is 2.58. The molecule has 0 aliphatic rings. The lowest BCUT2D eigenvalue weighted by Gasteiger charge is -1.84. The lowest BCUT2D eigenvalue weighted by Crippen LogP contribution is -1.96. The molecule has 2 heterocycles. The number of nitrogens with zero attached hydrogens (tertiary/aromatic N) is 1. The molecule has 0 fully saturated rings. The van der Waals surface area contributed by atoms with E-state index < -0.39 is 5.97 Å². The normalized spacial score (nSPS) is 11.1. The first-order chi connectivity index (χ1) is 7.66. The topological polar surface area (TPSA) is 50.2 Å². The van der Waals surface area contributed by atoms with Crippen molar-refractivity contribution in [1.29, 1.82) is 0 Å². The summed E-state index contributed by atoms with van der Waals surface area (Å²) in [5.74, 6) is -1.02. The van der Waals surface area contributed by atoms with E-state index in [0.717, 1.165) is 5.56 Å². The van der Waals surface area contributed by atoms with Gasteiger partial charge in [0.05, 0.1) is 0 Å². The van der Waals surface area contributed by atoms with Crippen LogP contribution in [0.1, 0.15) is 21.1 Å². The van der Waals surface area contributed by atoms with Crippen molar-refractivity contribution in [3.63, 3.8) is 0 Å². The van der Waals surface area contributed by atoms with Crippen LogP contribution in [-0.2, 0) is 0 Å². The lowest BCUT2D eigenvalue weighted by atomic mass is 10.3. The maximum absolute atomic E-state index is 10.8. The molecule has 2 rings (SSSR count). The molecule has 1 N–H and O–H groups in total. The minimum absolute atomic E-state index is 0.0648. The maximum atomic E-state index is 10.8. The van der Waals surface area contributed by atoms with Crippen molar-refractivity contribution in [2.24, 2.45) is 0 Å². The number of rotatable bonds is 3. The number of thiophene rings is 1. The van der Waals surface area contributed by atoms with Gasteiger partial charge in [-0.05, 0) is 44.4 Å². The van der Waals surface area contributed by atoms with Crippen LogP contribution in [0.4, 0.5) is 0 Å². The van der Waals surface area contributed by atoms with Crippen molar-refractivity contribution in [3.8, 4) is 0 Å². The number of hydrogen-bond acceptors (Lipinski definition) is 4. The first-order valence-corrected chi connectivity index (χ1v) is 6.82. The SMILES string of the molecule is O=C(O)c1nc(/C=C/c2ccsc2)sc1Br. The maximum Gasteiger partial charge on any atom is 0.356 e. The molecule has 0 saturated heterocycles. The fourth-order valence-corrected chi connectivity index (χ4v) is 3.13. The molecule has 16 heavy (non-hydrogen) atoms. The number of carboxylic acid groups (broad SMARTS) is 1. The second kappa shape index (κ2) is 4.90. The predicted octanol–water partition coefficient (Wildman–Crippen LogP) is 3.84. The second-order valence-electron chi connectivity index (χ2n) is 2.87. The first-order valence-electron chi connectivity index (χ1n) is 4.26. The molecular weight excluding hydrogens is 310 g/mol. The molecular formula is C10H6BrNO2S2. The molecule has 0 amide bonds. The van der Waals surface area contributed by atoms with E-state index >= 15 is 0 Å². The summed E-state index contributed by atoms with van der Waals surface area (Å²) in [4.78, 5) is 14.8. The minimum atomic E-state index is -1.02. The molecule has 0 unspecified atom stereocenters. The van der Waals surface area contributed by atoms with Gasteiger partial charge in [0.15, 0.2) is 5.69 Å². The van der Waals surface area contributed by atoms with Crippen molar-refractivity contribution in [2.75, 3.05) is 0 Å². The van der Waals surface area contributed by atoms with E-state index in [2.05, 4.69) is 20.9 Å². The Morgan fingerprint density at radius 1 is 1.50 bits per heavy atom. The molecule has 2 aromatic heterocycles. The van der Waals surface area contributed by atoms with Gasteiger partial charge in [-0.1, -0.05) is 6.08 Å². The summed E-state index contributed by atoms with van der Waals surface area (Å²) >= 11 is 6.10. The molecule has 0 atom stereocenters. The summed E-state index contributed by atoms with van der Waals surface area (Å²) in [6, 6.07) is 1.99. The van der Waals surface area contributed by atoms with Gasteiger partial charge in [-0.15, -0.1) is 11.3 Å². The smallest absolute Gasteiger partial charge is 0.356 e. The molecule has 82 valence electrons. The number of carbonyl (C=O) groups is 1. The lowest BCUT2D eigenvalue weighted by molar-refractivity contribution is 0.0690. The summed E-state index contributed by atoms with van der Waals surface area (Å²) in [5, 5.41) is 13.5. The molecule has 0 radical (unpaired) electrons. The molecule has 0 aromatic carbocycles. The van der Waals surface area contributed by atoms with Gasteiger partial charge < -0.3 is 5.11 Å². The molecule has 0 aliphatic heterocycles. The quantitative estimate of drug-likeness (QED) is 0.936. The number of aromatic nitrogens is 1. The van der Waals surface area contributed by atoms with Gasteiger partial charge in [0, 0.05) is 0 Å². The van der Waals surface area contributed by atoms with E-state index in [-0.39, 0.29) is 5.69 Å². The number of hydrogen-bond donors (Lipinski definition) is 1. The van der Waals surface area contributed by atoms with E-state index in [0.29, 0.717) is 8.79 Å². The van der Waals surface area contributed by atoms with E-state index in [9.17, 15) is 4.79 Å². The zero-order valence-electron chi connectivity index (χ0n) is 7.88. The Hall–Kier alpha value is -0.980. The third-order valence-corrected chi connectivity index (χ3v) is 4.14. The molecule has 3 nitrogen and oxygen atoms in total. The first kappa shape index (κ1) is 11.5. The summed E-state index contributed by atoms with van der Waals surface area (Å²) in [6.45, 7) is 0. The molecule has 6 heteroatoms. The van der Waals surface area contributed by atoms with Crippen molar-refractivity contribution in [3.05, 3.63) is 36.9 Å². The fourth-order valence-electron chi connectivity index (χ4n) is 1.06. The minimum Gasteiger partial charge on any atom is -0.476 e. The predicted molar refractivity (Wildman–Crippen MR) is 70.0 cm³/mol. The van der Waals surface area contributed by atoms with Gasteiger partial charge in [0.1, 0.15) is 8.79 Å². The van der Waals surface area contributed by atoms with Crippen molar-refractivity contribution < 1.29 is 9.90 Å². The van der Waals surface area contributed by atoms with Crippen molar-refractivity contribution in [1.82, 2.24) is 4.98 Å². The van der Waals surface area contributed by atoms with Crippen LogP contribution in [0.2, 0.25) is 0 Å². The highest BCUT2D eigenvalue weighted by Gasteiger charge is 2.13. The van der Waals surface area contributed by atoms with E-state index in [4.69, 9.17) is 5.11 Å². The van der Waals surface area contributed by atoms with E-state index in [1.54, 1.807) is 11.3 Å². The Morgan fingerprint density at radius 3 is 2.88 bits per heavy atom. The highest BCUT2D eigenvalue weighted by Crippen LogP contribution is 2.26. The van der Waals surface area contributed by atoms with Gasteiger partial charge in [-0.3, -0.25) is 0 Å². The molecule has 0 spiro atoms. The van der Waals surface area contributed by atoms with Gasteiger partial charge in [-0.25, -0.2) is 9.78 Å². The molecule has 0 bridgehead atoms. The largest absolute Gasteiger partial charge is 0.476 e. The highest BCUT2D eigenvalue weighted by molar-refractivity contribution is 9.11. The Kier molecular flexibility index (Phi) is 3.52. The standard InChI is InChI=1S/C10H6BrNO2S2/c11-9-8(10(13)14)12-7(16-9)2-1-6-3-4-15-5-6/h1-5H,(H,13,14)/b2-1+. The van der Waals surface area contributed by atoms with Crippen LogP contribution in [0.15, 0.2) is 20.6 Å². The molecule has 0 saturated carbocycles. The average Bonchev–Trinajstić information content (AvgIpc) is 2.83. The van der Waals surface area contributed by atoms with Crippen LogP contribution in [-0.4, -0.2) is 16.1 Å². The van der Waals surface area contributed by atoms with Crippen molar-refractivity contribution >= 4 is 56.7 Å². The zero-order chi connectivity index (χ0) is 11.5. The average molecular weight is 316 g/mol. The summed E-state index contributed by atoms with van der Waals surface area (Å²) in [6.07, 6.45) is 3.72. The van der Waals surface area contributed by atoms with Crippen LogP contribution in [0.3, 0.4) is 0 Å². The second-order valence-corrected chi connectivity index (χ2v) is 6.00. The third-order valence-electron chi connectivity index (χ3n) is 1.77. The van der Waals surface area contributed by atoms with Crippen LogP contribution in [0.25, 0.3) is 12.2 Å². The summed E-state index contributed by atoms with van der Waals surface area (Å²) < 4.78 is 0.546. The monoisotopic (exact) mass is 315 g/mol. The van der Waals surface area contributed by atoms with E-state index in [1.807, 2.05) is 29.0 Å². The Balaban J connectivity index is 2.23. The Labute approximate surface area is 108 Å². The van der Waals surface area contributed by atoms with Crippen LogP contribution in [0, 0.1) is 0 Å². The number of aromatic carboxylic acids is 1. The van der Waals surface area contributed by atoms with Gasteiger partial charge in [-0.2, -0.15) is 11.3 Å². The summed E-state index contributed by atoms with van der Waals surface area (Å²) in [7, 11) is 0. The molecule has 2 aromatic rings. The highest BCUT2D eigenvalue weighted by atomic mass is 79.9. The molecule has 0 aliphatic carbocycles. The Morgan fingerprint density at radius 2 is 2.31 bits per heavy atom. The van der Waals surface area contributed by atoms with Crippen LogP contribution >= 0.6 is 38.6 Å². The van der Waals surface area contributed by atoms with Crippen LogP contribution < -0.4 is 0 Å². The number of carboxylic acids is 1. The van der Waals surface area contributed by atoms with E-state index in [1.165, 1.54) is 11.3 Å². The van der Waals surface area contributed by atoms with Gasteiger partial charge in [0.2, 0.25) is 0 Å². The zero-order valence-corrected chi connectivity index (χ0v) is 11.1.